The van der Waals surface area contributed by atoms with Crippen molar-refractivity contribution in [3.05, 3.63) is 93.5 Å². The number of alkyl halides is 2. The van der Waals surface area contributed by atoms with Gasteiger partial charge in [0.2, 0.25) is 0 Å². The lowest BCUT2D eigenvalue weighted by atomic mass is 10.00. The van der Waals surface area contributed by atoms with Crippen molar-refractivity contribution in [1.82, 2.24) is 19.4 Å². The molecule has 47 heavy (non-hydrogen) atoms. The molecule has 1 aromatic carbocycles. The van der Waals surface area contributed by atoms with Gasteiger partial charge in [-0.2, -0.15) is 0 Å². The van der Waals surface area contributed by atoms with Crippen LogP contribution in [0, 0.1) is 19.7 Å². The molecule has 2 N–H and O–H groups in total. The molecule has 1 aliphatic carbocycles. The molecule has 3 fully saturated rings. The van der Waals surface area contributed by atoms with Crippen LogP contribution in [0.1, 0.15) is 60.7 Å². The summed E-state index contributed by atoms with van der Waals surface area (Å²) in [5.74, 6) is -3.79. The lowest BCUT2D eigenvalue weighted by Gasteiger charge is -2.40. The fourth-order valence-corrected chi connectivity index (χ4v) is 7.19. The molecule has 2 aliphatic heterocycles. The molecule has 3 aromatic heterocycles. The van der Waals surface area contributed by atoms with Crippen LogP contribution < -0.4 is 21.0 Å². The number of pyridine rings is 3. The number of hydrogen-bond donors (Lipinski definition) is 1. The minimum absolute atomic E-state index is 0.0602. The number of nitrogens with zero attached hydrogens (tertiary/aromatic N) is 6. The monoisotopic (exact) mass is 645 g/mol. The van der Waals surface area contributed by atoms with E-state index >= 15 is 4.39 Å². The number of rotatable bonds is 8. The fourth-order valence-electron chi connectivity index (χ4n) is 7.19. The molecule has 2 atom stereocenters. The highest BCUT2D eigenvalue weighted by Crippen LogP contribution is 2.39. The molecule has 8 nitrogen and oxygen atoms in total. The van der Waals surface area contributed by atoms with Crippen LogP contribution in [-0.4, -0.2) is 63.6 Å². The summed E-state index contributed by atoms with van der Waals surface area (Å²) in [5, 5.41) is 0.284. The maximum Gasteiger partial charge on any atom is 0.280 e. The Labute approximate surface area is 273 Å². The number of hydrogen-bond acceptors (Lipinski definition) is 7. The Kier molecular flexibility index (Phi) is 8.46. The number of benzene rings is 1. The Morgan fingerprint density at radius 2 is 1.81 bits per heavy atom. The minimum atomic E-state index is -3.12. The highest BCUT2D eigenvalue weighted by atomic mass is 19.3. The smallest absolute Gasteiger partial charge is 0.280 e. The lowest BCUT2D eigenvalue weighted by molar-refractivity contribution is -0.0301. The van der Waals surface area contributed by atoms with Crippen molar-refractivity contribution in [3.8, 4) is 0 Å². The largest absolute Gasteiger partial charge is 0.369 e. The number of aryl methyl sites for hydroxylation is 2. The van der Waals surface area contributed by atoms with Gasteiger partial charge in [-0.15, -0.1) is 0 Å². The van der Waals surface area contributed by atoms with Gasteiger partial charge >= 0.3 is 0 Å². The Morgan fingerprint density at radius 1 is 0.979 bits per heavy atom. The third-order valence-corrected chi connectivity index (χ3v) is 10.0. The number of anilines is 2. The van der Waals surface area contributed by atoms with Crippen LogP contribution in [0.2, 0.25) is 0 Å². The maximum absolute atomic E-state index is 15.7. The topological polar surface area (TPSA) is 83.5 Å². The second-order valence-electron chi connectivity index (χ2n) is 13.6. The van der Waals surface area contributed by atoms with Crippen LogP contribution >= 0.6 is 0 Å². The van der Waals surface area contributed by atoms with E-state index in [9.17, 15) is 13.6 Å². The van der Waals surface area contributed by atoms with E-state index in [4.69, 9.17) is 5.73 Å². The van der Waals surface area contributed by atoms with Gasteiger partial charge in [-0.05, 0) is 87.9 Å². The molecule has 3 aliphatic rings. The zero-order chi connectivity index (χ0) is 32.9. The molecular formula is C36H42F3N7O. The van der Waals surface area contributed by atoms with E-state index in [1.807, 2.05) is 44.6 Å². The van der Waals surface area contributed by atoms with Crippen LogP contribution in [-0.2, 0) is 13.1 Å². The summed E-state index contributed by atoms with van der Waals surface area (Å²) in [6.07, 6.45) is 9.61. The molecule has 248 valence electrons. The quantitative estimate of drug-likeness (QED) is 0.262. The molecule has 0 amide bonds. The predicted molar refractivity (Wildman–Crippen MR) is 179 cm³/mol. The number of piperidine rings is 2. The summed E-state index contributed by atoms with van der Waals surface area (Å²) in [7, 11) is 0. The van der Waals surface area contributed by atoms with Crippen molar-refractivity contribution in [1.29, 1.82) is 0 Å². The lowest BCUT2D eigenvalue weighted by Crippen LogP contribution is -2.55. The van der Waals surface area contributed by atoms with Crippen LogP contribution in [0.15, 0.2) is 59.8 Å². The molecule has 1 unspecified atom stereocenters. The van der Waals surface area contributed by atoms with E-state index in [2.05, 4.69) is 36.5 Å². The van der Waals surface area contributed by atoms with Gasteiger partial charge in [-0.25, -0.2) is 13.2 Å². The van der Waals surface area contributed by atoms with E-state index in [1.54, 1.807) is 6.07 Å². The molecule has 0 spiro atoms. The Balaban J connectivity index is 1.24. The van der Waals surface area contributed by atoms with Gasteiger partial charge < -0.3 is 20.1 Å². The number of aromatic nitrogens is 3. The summed E-state index contributed by atoms with van der Waals surface area (Å²) in [6, 6.07) is 10.2. The maximum atomic E-state index is 15.7. The molecule has 11 heteroatoms. The zero-order valence-electron chi connectivity index (χ0n) is 27.0. The first-order chi connectivity index (χ1) is 22.6. The highest BCUT2D eigenvalue weighted by molar-refractivity contribution is 5.84. The first kappa shape index (κ1) is 31.6. The first-order valence-corrected chi connectivity index (χ1v) is 16.6. The second-order valence-corrected chi connectivity index (χ2v) is 13.6. The van der Waals surface area contributed by atoms with Gasteiger partial charge in [0, 0.05) is 79.5 Å². The average molecular weight is 646 g/mol. The fraction of sp³-hybridized carbons (Fsp3) is 0.472. The van der Waals surface area contributed by atoms with Crippen molar-refractivity contribution in [3.63, 3.8) is 0 Å². The standard InChI is InChI=1S/C36H42F3N7O/c1-23-5-6-28(17-42-23)43-12-3-4-29(21-43)45(18-25-9-11-41-24(2)14-25)19-26-20-46(27-7-8-27)32-16-33(31(37)15-30(32)35(26)47)44-13-10-34(40)36(38,39)22-44/h5-6,9,11,14-17,20,27,29,34H,3-4,7-8,10,12-13,18-19,21-22,40H2,1-2H3/t29-,34?/m0/s1. The van der Waals surface area contributed by atoms with E-state index in [0.717, 1.165) is 61.4 Å². The average Bonchev–Trinajstić information content (AvgIpc) is 3.89. The Hall–Kier alpha value is -3.96. The van der Waals surface area contributed by atoms with E-state index in [1.165, 1.54) is 11.0 Å². The van der Waals surface area contributed by atoms with Crippen LogP contribution in [0.4, 0.5) is 24.5 Å². The normalized spacial score (nSPS) is 21.5. The van der Waals surface area contributed by atoms with Gasteiger partial charge in [0.25, 0.3) is 5.92 Å². The molecule has 7 rings (SSSR count). The highest BCUT2D eigenvalue weighted by Gasteiger charge is 2.43. The van der Waals surface area contributed by atoms with Gasteiger partial charge in [0.05, 0.1) is 35.7 Å². The summed E-state index contributed by atoms with van der Waals surface area (Å²) >= 11 is 0. The van der Waals surface area contributed by atoms with Crippen LogP contribution in [0.3, 0.4) is 0 Å². The van der Waals surface area contributed by atoms with Crippen molar-refractivity contribution >= 4 is 22.3 Å². The zero-order valence-corrected chi connectivity index (χ0v) is 27.0. The summed E-state index contributed by atoms with van der Waals surface area (Å²) in [5.41, 5.74) is 10.8. The molecular weight excluding hydrogens is 603 g/mol. The van der Waals surface area contributed by atoms with Gasteiger partial charge in [0.15, 0.2) is 5.43 Å². The van der Waals surface area contributed by atoms with Crippen molar-refractivity contribution < 1.29 is 13.2 Å². The SMILES string of the molecule is Cc1ccc(N2CCC[C@H](N(Cc3ccnc(C)c3)Cc3cn(C4CC4)c4cc(N5CCC(N)C(F)(F)C5)c(F)cc4c3=O)C2)cn1. The summed E-state index contributed by atoms with van der Waals surface area (Å²) < 4.78 is 46.9. The Bertz CT molecular complexity index is 1820. The minimum Gasteiger partial charge on any atom is -0.369 e. The van der Waals surface area contributed by atoms with Crippen LogP contribution in [0.5, 0.6) is 0 Å². The first-order valence-electron chi connectivity index (χ1n) is 16.6. The third-order valence-electron chi connectivity index (χ3n) is 10.0. The molecule has 2 saturated heterocycles. The predicted octanol–water partition coefficient (Wildman–Crippen LogP) is 5.73. The van der Waals surface area contributed by atoms with E-state index in [0.29, 0.717) is 24.2 Å². The van der Waals surface area contributed by atoms with E-state index in [-0.39, 0.29) is 41.6 Å². The summed E-state index contributed by atoms with van der Waals surface area (Å²) in [4.78, 5) is 29.2. The van der Waals surface area contributed by atoms with Crippen molar-refractivity contribution in [2.75, 3.05) is 36.0 Å². The molecule has 0 bridgehead atoms. The number of fused-ring (bicyclic) bond motifs is 1. The van der Waals surface area contributed by atoms with E-state index < -0.39 is 24.3 Å². The second kappa shape index (κ2) is 12.6. The third kappa shape index (κ3) is 6.60. The Morgan fingerprint density at radius 3 is 2.53 bits per heavy atom. The van der Waals surface area contributed by atoms with Gasteiger partial charge in [-0.3, -0.25) is 19.7 Å². The van der Waals surface area contributed by atoms with Crippen LogP contribution in [0.25, 0.3) is 10.9 Å². The summed E-state index contributed by atoms with van der Waals surface area (Å²) in [6.45, 7) is 6.29. The van der Waals surface area contributed by atoms with Gasteiger partial charge in [-0.1, -0.05) is 0 Å². The molecule has 0 radical (unpaired) electrons. The molecule has 4 aromatic rings. The van der Waals surface area contributed by atoms with Gasteiger partial charge in [0.1, 0.15) is 5.82 Å². The number of nitrogens with two attached hydrogens (primary N) is 1. The molecule has 1 saturated carbocycles. The van der Waals surface area contributed by atoms with Crippen molar-refractivity contribution in [2.45, 2.75) is 83.1 Å². The number of halogens is 3. The molecule has 5 heterocycles. The van der Waals surface area contributed by atoms with Crippen molar-refractivity contribution in [2.24, 2.45) is 5.73 Å².